The summed E-state index contributed by atoms with van der Waals surface area (Å²) in [4.78, 5) is 0. The van der Waals surface area contributed by atoms with Crippen LogP contribution in [-0.4, -0.2) is 21.2 Å². The molecule has 3 aromatic carbocycles. The van der Waals surface area contributed by atoms with E-state index in [1.165, 1.54) is 28.6 Å². The summed E-state index contributed by atoms with van der Waals surface area (Å²) in [6.45, 7) is 7.91. The van der Waals surface area contributed by atoms with Crippen LogP contribution in [-0.2, 0) is 4.43 Å². The summed E-state index contributed by atoms with van der Waals surface area (Å²) in [5.74, 6) is 3.20. The topological polar surface area (TPSA) is 31.6 Å². The van der Waals surface area contributed by atoms with Crippen LogP contribution in [0.4, 0.5) is 0 Å². The Morgan fingerprint density at radius 2 is 1.45 bits per heavy atom. The van der Waals surface area contributed by atoms with Crippen LogP contribution in [0.25, 0.3) is 11.0 Å². The molecule has 0 bridgehead atoms. The maximum Gasteiger partial charge on any atom is 0.240 e. The molecule has 6 rings (SSSR count). The van der Waals surface area contributed by atoms with Crippen molar-refractivity contribution in [1.82, 2.24) is 0 Å². The number of rotatable bonds is 8. The Bertz CT molecular complexity index is 1300. The van der Waals surface area contributed by atoms with Crippen LogP contribution in [0.15, 0.2) is 89.3 Å². The van der Waals surface area contributed by atoms with E-state index in [4.69, 9.17) is 13.6 Å². The molecule has 3 nitrogen and oxygen atoms in total. The zero-order valence-electron chi connectivity index (χ0n) is 23.0. The van der Waals surface area contributed by atoms with Crippen LogP contribution in [0.1, 0.15) is 71.0 Å². The van der Waals surface area contributed by atoms with Gasteiger partial charge >= 0.3 is 0 Å². The van der Waals surface area contributed by atoms with Gasteiger partial charge in [-0.2, -0.15) is 0 Å². The molecule has 0 spiro atoms. The fraction of sp³-hybridized carbons (Fsp3) is 0.412. The lowest BCUT2D eigenvalue weighted by Gasteiger charge is -2.50. The first-order valence-corrected chi connectivity index (χ1v) is 16.0. The van der Waals surface area contributed by atoms with E-state index >= 15 is 0 Å². The van der Waals surface area contributed by atoms with Gasteiger partial charge in [-0.3, -0.25) is 0 Å². The van der Waals surface area contributed by atoms with Crippen LogP contribution < -0.4 is 15.1 Å². The molecule has 0 unspecified atom stereocenters. The summed E-state index contributed by atoms with van der Waals surface area (Å²) < 4.78 is 19.8. The molecule has 0 radical (unpaired) electrons. The molecule has 0 amide bonds. The van der Waals surface area contributed by atoms with Crippen molar-refractivity contribution in [2.75, 3.05) is 6.61 Å². The highest BCUT2D eigenvalue weighted by atomic mass is 28.3. The lowest BCUT2D eigenvalue weighted by atomic mass is 9.66. The van der Waals surface area contributed by atoms with Crippen LogP contribution in [0, 0.1) is 11.3 Å². The molecule has 0 saturated heterocycles. The van der Waals surface area contributed by atoms with Gasteiger partial charge in [0.15, 0.2) is 0 Å². The second-order valence-electron chi connectivity index (χ2n) is 12.4. The Hall–Kier alpha value is -2.82. The highest BCUT2D eigenvalue weighted by molar-refractivity contribution is 6.80. The van der Waals surface area contributed by atoms with Crippen molar-refractivity contribution < 1.29 is 13.6 Å². The Kier molecular flexibility index (Phi) is 6.96. The van der Waals surface area contributed by atoms with E-state index in [9.17, 15) is 0 Å². The van der Waals surface area contributed by atoms with Crippen molar-refractivity contribution in [3.05, 3.63) is 90.7 Å². The summed E-state index contributed by atoms with van der Waals surface area (Å²) in [6.07, 6.45) is 6.83. The number of ether oxygens (including phenoxy) is 1. The van der Waals surface area contributed by atoms with Gasteiger partial charge in [0.1, 0.15) is 17.1 Å². The fourth-order valence-electron chi connectivity index (χ4n) is 6.04. The summed E-state index contributed by atoms with van der Waals surface area (Å²) in [6, 6.07) is 30.3. The highest BCUT2D eigenvalue weighted by Gasteiger charge is 2.47. The molecule has 198 valence electrons. The van der Waals surface area contributed by atoms with E-state index in [0.29, 0.717) is 5.92 Å². The molecule has 0 N–H and O–H groups in total. The number of furan rings is 1. The van der Waals surface area contributed by atoms with Crippen molar-refractivity contribution in [3.63, 3.8) is 0 Å². The highest BCUT2D eigenvalue weighted by Crippen LogP contribution is 2.49. The molecule has 2 saturated carbocycles. The Morgan fingerprint density at radius 1 is 0.816 bits per heavy atom. The first-order chi connectivity index (χ1) is 18.4. The maximum absolute atomic E-state index is 7.42. The zero-order valence-corrected chi connectivity index (χ0v) is 24.1. The van der Waals surface area contributed by atoms with Crippen molar-refractivity contribution >= 4 is 30.4 Å². The van der Waals surface area contributed by atoms with Crippen molar-refractivity contribution in [1.29, 1.82) is 0 Å². The molecule has 38 heavy (non-hydrogen) atoms. The predicted octanol–water partition coefficient (Wildman–Crippen LogP) is 7.22. The lowest BCUT2D eigenvalue weighted by Crippen LogP contribution is -2.57. The molecular weight excluding hydrogens is 484 g/mol. The predicted molar refractivity (Wildman–Crippen MR) is 158 cm³/mol. The summed E-state index contributed by atoms with van der Waals surface area (Å²) in [5, 5.41) is 3.87. The normalized spacial score (nSPS) is 22.2. The molecular formula is C34H40O3Si. The number of hydrogen-bond acceptors (Lipinski definition) is 3. The van der Waals surface area contributed by atoms with Gasteiger partial charge in [-0.05, 0) is 78.4 Å². The van der Waals surface area contributed by atoms with Gasteiger partial charge < -0.3 is 13.6 Å². The molecule has 1 heterocycles. The van der Waals surface area contributed by atoms with E-state index in [1.807, 2.05) is 0 Å². The van der Waals surface area contributed by atoms with E-state index in [1.54, 1.807) is 0 Å². The fourth-order valence-corrected chi connectivity index (χ4v) is 8.89. The van der Waals surface area contributed by atoms with Gasteiger partial charge in [0.25, 0.3) is 0 Å². The molecule has 2 aliphatic carbocycles. The van der Waals surface area contributed by atoms with E-state index in [0.717, 1.165) is 55.3 Å². The third-order valence-electron chi connectivity index (χ3n) is 8.80. The number of hydrogen-bond donors (Lipinski definition) is 0. The monoisotopic (exact) mass is 524 g/mol. The molecule has 1 aromatic heterocycles. The van der Waals surface area contributed by atoms with Gasteiger partial charge in [0, 0.05) is 17.4 Å². The minimum absolute atomic E-state index is 0.0362. The van der Waals surface area contributed by atoms with Gasteiger partial charge in [-0.15, -0.1) is 0 Å². The van der Waals surface area contributed by atoms with Crippen LogP contribution >= 0.6 is 0 Å². The number of fused-ring (bicyclic) bond motifs is 1. The first-order valence-electron chi connectivity index (χ1n) is 14.3. The third-order valence-corrected chi connectivity index (χ3v) is 11.5. The molecule has 0 atom stereocenters. The van der Waals surface area contributed by atoms with Crippen molar-refractivity contribution in [2.45, 2.75) is 70.8 Å². The molecule has 4 aromatic rings. The van der Waals surface area contributed by atoms with Gasteiger partial charge in [0.2, 0.25) is 9.04 Å². The average Bonchev–Trinajstić information content (AvgIpc) is 3.67. The first kappa shape index (κ1) is 25.5. The molecule has 2 aliphatic rings. The van der Waals surface area contributed by atoms with Crippen molar-refractivity contribution in [3.8, 4) is 5.75 Å². The summed E-state index contributed by atoms with van der Waals surface area (Å²) >= 11 is 0. The molecule has 4 heteroatoms. The summed E-state index contributed by atoms with van der Waals surface area (Å²) in [7, 11) is -1.86. The minimum atomic E-state index is -1.86. The summed E-state index contributed by atoms with van der Waals surface area (Å²) in [5.41, 5.74) is 0.814. The lowest BCUT2D eigenvalue weighted by molar-refractivity contribution is -0.0662. The molecule has 0 aliphatic heterocycles. The second-order valence-corrected chi connectivity index (χ2v) is 14.8. The van der Waals surface area contributed by atoms with Gasteiger partial charge in [-0.1, -0.05) is 81.4 Å². The van der Waals surface area contributed by atoms with Gasteiger partial charge in [-0.25, -0.2) is 0 Å². The minimum Gasteiger partial charge on any atom is -0.493 e. The molecule has 2 fully saturated rings. The Labute approximate surface area is 228 Å². The van der Waals surface area contributed by atoms with Crippen LogP contribution in [0.3, 0.4) is 0 Å². The Morgan fingerprint density at radius 3 is 2.03 bits per heavy atom. The Balaban J connectivity index is 1.22. The largest absolute Gasteiger partial charge is 0.493 e. The van der Waals surface area contributed by atoms with Crippen molar-refractivity contribution in [2.24, 2.45) is 11.3 Å². The quantitative estimate of drug-likeness (QED) is 0.228. The number of benzene rings is 3. The zero-order chi connectivity index (χ0) is 26.2. The van der Waals surface area contributed by atoms with Crippen LogP contribution in [0.5, 0.6) is 5.75 Å². The third kappa shape index (κ3) is 5.34. The van der Waals surface area contributed by atoms with E-state index < -0.39 is 9.04 Å². The van der Waals surface area contributed by atoms with E-state index in [2.05, 4.69) is 106 Å². The second kappa shape index (κ2) is 10.4. The maximum atomic E-state index is 7.42. The SMILES string of the molecule is CC(C)(C)C1(O[SiH](c2ccccc2)c2ccccc2)CCC(c2cc3ccc(OCC4CC4)cc3o2)CC1. The van der Waals surface area contributed by atoms with E-state index in [-0.39, 0.29) is 11.0 Å². The standard InChI is InChI=1S/C34H40O3Si/c1-33(2,3)34(37-38(29-10-6-4-7-11-29)30-12-8-5-9-13-30)20-18-26(19-21-34)31-22-27-16-17-28(23-32(27)36-31)35-24-25-14-15-25/h4-13,16-17,22-23,25-26,38H,14-15,18-21,24H2,1-3H3. The smallest absolute Gasteiger partial charge is 0.240 e. The van der Waals surface area contributed by atoms with Crippen LogP contribution in [0.2, 0.25) is 0 Å². The van der Waals surface area contributed by atoms with Gasteiger partial charge in [0.05, 0.1) is 12.2 Å². The average molecular weight is 525 g/mol.